The largest absolute Gasteiger partial charge is 0.370 e. The summed E-state index contributed by atoms with van der Waals surface area (Å²) >= 11 is 0. The SMILES string of the molecule is CC(=O)NC(CCCN=C(N)N)C(=O)NC1CC(=O)NCCCCC(C(N)=O)NC(=O)C(Cc2c[nH]c3ccccc23)NC(=O)C(CCCN=C(N)N)NC(=O)C(Cc2ccccc2)NC(=O)C2(Cc3ccccc3C2)NC1=O. The van der Waals surface area contributed by atoms with Crippen molar-refractivity contribution < 1.29 is 43.2 Å². The molecule has 79 heavy (non-hydrogen) atoms. The Morgan fingerprint density at radius 2 is 1.30 bits per heavy atom. The molecule has 25 heteroatoms. The van der Waals surface area contributed by atoms with E-state index in [2.05, 4.69) is 57.5 Å². The Morgan fingerprint density at radius 1 is 0.696 bits per heavy atom. The topological polar surface area (TPSA) is 420 Å². The number of rotatable bonds is 16. The number of aromatic nitrogens is 1. The Labute approximate surface area is 456 Å². The molecule has 1 spiro atoms. The number of hydrogen-bond donors (Lipinski definition) is 14. The van der Waals surface area contributed by atoms with Gasteiger partial charge in [0.1, 0.15) is 41.8 Å². The molecule has 1 aliphatic heterocycles. The smallest absolute Gasteiger partial charge is 0.247 e. The van der Waals surface area contributed by atoms with Crippen molar-refractivity contribution in [1.29, 1.82) is 0 Å². The third-order valence-corrected chi connectivity index (χ3v) is 13.7. The molecule has 3 aromatic carbocycles. The zero-order chi connectivity index (χ0) is 57.1. The molecule has 1 aromatic heterocycles. The van der Waals surface area contributed by atoms with Gasteiger partial charge in [-0.25, -0.2) is 0 Å². The number of para-hydroxylation sites is 1. The molecule has 0 radical (unpaired) electrons. The van der Waals surface area contributed by atoms with Crippen molar-refractivity contribution >= 4 is 76.0 Å². The summed E-state index contributed by atoms with van der Waals surface area (Å²) in [6, 6.07) is 15.0. The van der Waals surface area contributed by atoms with Gasteiger partial charge >= 0.3 is 0 Å². The molecule has 25 nitrogen and oxygen atoms in total. The highest BCUT2D eigenvalue weighted by atomic mass is 16.2. The number of guanidine groups is 2. The fourth-order valence-electron chi connectivity index (χ4n) is 9.66. The summed E-state index contributed by atoms with van der Waals surface area (Å²) < 4.78 is 0. The van der Waals surface area contributed by atoms with Crippen molar-refractivity contribution in [3.63, 3.8) is 0 Å². The number of fused-ring (bicyclic) bond motifs is 2. The number of benzene rings is 3. The van der Waals surface area contributed by atoms with Gasteiger partial charge in [-0.3, -0.25) is 53.1 Å². The van der Waals surface area contributed by atoms with Crippen molar-refractivity contribution in [3.8, 4) is 0 Å². The van der Waals surface area contributed by atoms with Crippen LogP contribution < -0.4 is 71.2 Å². The van der Waals surface area contributed by atoms with Crippen LogP contribution in [0.5, 0.6) is 0 Å². The van der Waals surface area contributed by atoms with E-state index in [0.717, 1.165) is 10.9 Å². The number of primary amides is 1. The number of amides is 9. The minimum atomic E-state index is -1.82. The molecular weight excluding hydrogens is 1020 g/mol. The zero-order valence-electron chi connectivity index (χ0n) is 44.1. The number of aliphatic imine (C=N–C) groups is 2. The van der Waals surface area contributed by atoms with Crippen LogP contribution in [0.3, 0.4) is 0 Å². The van der Waals surface area contributed by atoms with Crippen LogP contribution >= 0.6 is 0 Å². The number of aromatic amines is 1. The molecule has 422 valence electrons. The molecule has 2 heterocycles. The van der Waals surface area contributed by atoms with E-state index in [-0.39, 0.29) is 102 Å². The summed E-state index contributed by atoms with van der Waals surface area (Å²) in [5.74, 6) is -7.39. The Kier molecular flexibility index (Phi) is 21.3. The van der Waals surface area contributed by atoms with Gasteiger partial charge in [0.2, 0.25) is 53.2 Å². The van der Waals surface area contributed by atoms with Crippen molar-refractivity contribution in [1.82, 2.24) is 47.5 Å². The van der Waals surface area contributed by atoms with Crippen LogP contribution in [-0.4, -0.2) is 131 Å². The van der Waals surface area contributed by atoms with E-state index in [9.17, 15) is 38.4 Å². The summed E-state index contributed by atoms with van der Waals surface area (Å²) in [4.78, 5) is 138. The van der Waals surface area contributed by atoms with Gasteiger partial charge in [0.05, 0.1) is 6.42 Å². The zero-order valence-corrected chi connectivity index (χ0v) is 44.1. The van der Waals surface area contributed by atoms with E-state index in [4.69, 9.17) is 28.7 Å². The standard InChI is InChI=1S/C54H72N16O9/c1-31(71)64-39(20-11-23-61-52(56)57)46(74)68-43-27-44(72)60-22-10-9-19-38(45(55)73)65-49(77)42(26-35-30-63-37-18-8-7-17-36(35)37)67-47(75)40(21-12-24-62-53(58)59)66-48(76)41(25-32-13-3-2-4-14-32)69-51(79)54(70-50(43)78)28-33-15-5-6-16-34(33)29-54/h2-8,13-18,30,38-43,63H,9-12,19-29H2,1H3,(H2,55,73)(H,60,72)(H,64,71)(H,65,77)(H,66,76)(H,67,75)(H,68,74)(H,69,79)(H,70,78)(H4,56,57,61)(H4,58,59,62). The van der Waals surface area contributed by atoms with Gasteiger partial charge in [0.25, 0.3) is 0 Å². The summed E-state index contributed by atoms with van der Waals surface area (Å²) in [5.41, 5.74) is 29.6. The van der Waals surface area contributed by atoms with E-state index in [1.54, 1.807) is 60.8 Å². The van der Waals surface area contributed by atoms with Gasteiger partial charge in [0.15, 0.2) is 11.9 Å². The monoisotopic (exact) mass is 1090 g/mol. The molecule has 1 aliphatic carbocycles. The highest BCUT2D eigenvalue weighted by molar-refractivity contribution is 6.01. The van der Waals surface area contributed by atoms with E-state index in [1.165, 1.54) is 6.92 Å². The summed E-state index contributed by atoms with van der Waals surface area (Å²) in [6.07, 6.45) is 1.67. The predicted octanol–water partition coefficient (Wildman–Crippen LogP) is -2.18. The lowest BCUT2D eigenvalue weighted by Crippen LogP contribution is -2.66. The lowest BCUT2D eigenvalue weighted by molar-refractivity contribution is -0.139. The molecule has 0 saturated carbocycles. The van der Waals surface area contributed by atoms with Gasteiger partial charge < -0.3 is 76.2 Å². The van der Waals surface area contributed by atoms with Crippen molar-refractivity contribution in [3.05, 3.63) is 107 Å². The molecule has 2 aliphatic rings. The van der Waals surface area contributed by atoms with Crippen LogP contribution in [0.15, 0.2) is 95.0 Å². The van der Waals surface area contributed by atoms with E-state index >= 15 is 4.79 Å². The molecule has 4 aromatic rings. The molecule has 1 saturated heterocycles. The first kappa shape index (κ1) is 59.2. The molecule has 9 amide bonds. The van der Waals surface area contributed by atoms with Crippen LogP contribution in [0.4, 0.5) is 0 Å². The van der Waals surface area contributed by atoms with Gasteiger partial charge in [-0.05, 0) is 73.3 Å². The van der Waals surface area contributed by atoms with Crippen LogP contribution in [-0.2, 0) is 68.8 Å². The second-order valence-corrected chi connectivity index (χ2v) is 19.8. The average Bonchev–Trinajstić information content (AvgIpc) is 4.18. The Bertz CT molecular complexity index is 2880. The molecule has 0 bridgehead atoms. The summed E-state index contributed by atoms with van der Waals surface area (Å²) in [7, 11) is 0. The number of nitrogens with zero attached hydrogens (tertiary/aromatic N) is 2. The molecular formula is C54H72N16O9. The highest BCUT2D eigenvalue weighted by Crippen LogP contribution is 2.31. The van der Waals surface area contributed by atoms with E-state index in [0.29, 0.717) is 22.3 Å². The number of carbonyl (C=O) groups excluding carboxylic acids is 9. The number of carbonyl (C=O) groups is 9. The molecule has 6 unspecified atom stereocenters. The number of H-pyrrole nitrogens is 1. The van der Waals surface area contributed by atoms with Crippen LogP contribution in [0.1, 0.15) is 80.5 Å². The maximum atomic E-state index is 15.3. The van der Waals surface area contributed by atoms with Crippen molar-refractivity contribution in [2.45, 2.75) is 126 Å². The maximum absolute atomic E-state index is 15.3. The molecule has 6 rings (SSSR count). The molecule has 6 atom stereocenters. The minimum Gasteiger partial charge on any atom is -0.370 e. The number of nitrogens with two attached hydrogens (primary N) is 5. The summed E-state index contributed by atoms with van der Waals surface area (Å²) in [5, 5.41) is 22.8. The maximum Gasteiger partial charge on any atom is 0.247 e. The van der Waals surface area contributed by atoms with Crippen LogP contribution in [0, 0.1) is 0 Å². The minimum absolute atomic E-state index is 0.0230. The first-order valence-electron chi connectivity index (χ1n) is 26.2. The normalized spacial score (nSPS) is 20.8. The second-order valence-electron chi connectivity index (χ2n) is 19.8. The summed E-state index contributed by atoms with van der Waals surface area (Å²) in [6.45, 7) is 1.41. The van der Waals surface area contributed by atoms with Crippen molar-refractivity contribution in [2.75, 3.05) is 19.6 Å². The van der Waals surface area contributed by atoms with Gasteiger partial charge in [-0.1, -0.05) is 72.8 Å². The van der Waals surface area contributed by atoms with Gasteiger partial charge in [-0.2, -0.15) is 0 Å². The molecule has 1 fully saturated rings. The number of hydrogen-bond acceptors (Lipinski definition) is 11. The lowest BCUT2D eigenvalue weighted by atomic mass is 9.92. The quantitative estimate of drug-likeness (QED) is 0.0323. The van der Waals surface area contributed by atoms with Crippen LogP contribution in [0.25, 0.3) is 10.9 Å². The van der Waals surface area contributed by atoms with E-state index in [1.807, 2.05) is 24.3 Å². The van der Waals surface area contributed by atoms with Crippen molar-refractivity contribution in [2.24, 2.45) is 38.7 Å². The van der Waals surface area contributed by atoms with E-state index < -0.39 is 101 Å². The first-order valence-corrected chi connectivity index (χ1v) is 26.2. The first-order chi connectivity index (χ1) is 37.8. The average molecular weight is 1090 g/mol. The lowest BCUT2D eigenvalue weighted by Gasteiger charge is -2.33. The Balaban J connectivity index is 1.40. The number of nitrogens with one attached hydrogen (secondary N) is 9. The van der Waals surface area contributed by atoms with Crippen LogP contribution in [0.2, 0.25) is 0 Å². The fourth-order valence-corrected chi connectivity index (χ4v) is 9.66. The fraction of sp³-hybridized carbons (Fsp3) is 0.426. The predicted molar refractivity (Wildman–Crippen MR) is 295 cm³/mol. The van der Waals surface area contributed by atoms with Gasteiger partial charge in [0, 0.05) is 69.3 Å². The Morgan fingerprint density at radius 3 is 1.97 bits per heavy atom. The molecule has 19 N–H and O–H groups in total. The highest BCUT2D eigenvalue weighted by Gasteiger charge is 2.48. The third kappa shape index (κ3) is 17.5. The Hall–Kier alpha value is -9.03. The van der Waals surface area contributed by atoms with Gasteiger partial charge in [-0.15, -0.1) is 0 Å². The third-order valence-electron chi connectivity index (χ3n) is 13.7. The second kappa shape index (κ2) is 28.4.